The van der Waals surface area contributed by atoms with E-state index in [0.29, 0.717) is 0 Å². The molecule has 538 valence electrons. The Kier molecular flexibility index (Phi) is 30.5. The molecule has 0 N–H and O–H groups in total. The Hall–Kier alpha value is -1.28. The van der Waals surface area contributed by atoms with E-state index in [1.165, 1.54) is 92.4 Å². The van der Waals surface area contributed by atoms with Crippen molar-refractivity contribution in [3.63, 3.8) is 0 Å². The lowest BCUT2D eigenvalue weighted by Crippen LogP contribution is -2.69. The van der Waals surface area contributed by atoms with E-state index in [1.54, 1.807) is 35.5 Å². The molecule has 0 aromatic heterocycles. The topological polar surface area (TPSA) is 295 Å². The van der Waals surface area contributed by atoms with Gasteiger partial charge in [0.2, 0.25) is 0 Å². The molecule has 0 amide bonds. The van der Waals surface area contributed by atoms with Crippen molar-refractivity contribution in [3.05, 3.63) is 0 Å². The first-order chi connectivity index (χ1) is 44.6. The third-order valence-corrected chi connectivity index (χ3v) is 18.6. The molecular formula is C60H106O32. The van der Waals surface area contributed by atoms with Gasteiger partial charge in [0, 0.05) is 134 Å². The van der Waals surface area contributed by atoms with Crippen LogP contribution in [-0.4, -0.2) is 370 Å². The highest BCUT2D eigenvalue weighted by molar-refractivity contribution is 5.03. The number of ether oxygens (including phenoxy) is 32. The summed E-state index contributed by atoms with van der Waals surface area (Å²) in [6.45, 7) is 3.73. The Morgan fingerprint density at radius 2 is 0.435 bits per heavy atom. The van der Waals surface area contributed by atoms with Crippen LogP contribution in [0.2, 0.25) is 0 Å². The van der Waals surface area contributed by atoms with Crippen molar-refractivity contribution in [1.29, 1.82) is 0 Å². The molecule has 92 heavy (non-hydrogen) atoms. The van der Waals surface area contributed by atoms with Crippen LogP contribution in [0.5, 0.6) is 0 Å². The predicted octanol–water partition coefficient (Wildman–Crippen LogP) is -0.372. The fraction of sp³-hybridized carbons (Fsp3) is 1.00. The summed E-state index contributed by atoms with van der Waals surface area (Å²) in [4.78, 5) is 0. The molecular weight excluding hydrogens is 1230 g/mol. The zero-order valence-corrected chi connectivity index (χ0v) is 56.9. The van der Waals surface area contributed by atoms with Crippen molar-refractivity contribution < 1.29 is 152 Å². The van der Waals surface area contributed by atoms with Crippen molar-refractivity contribution >= 4 is 0 Å². The molecule has 21 rings (SSSR count). The Bertz CT molecular complexity index is 2080. The van der Waals surface area contributed by atoms with Gasteiger partial charge in [-0.3, -0.25) is 0 Å². The normalized spacial score (nSPS) is 47.5. The first kappa shape index (κ1) is 76.5. The maximum atomic E-state index is 7.01. The predicted molar refractivity (Wildman–Crippen MR) is 310 cm³/mol. The standard InChI is InChI=1S/C60H106O32/c1-27-36-42(67-9)48(73-15)55(79-27)88-37-28(2)80-56(49(74-16)43(37)68-10)89-38-33(24-63-5)84-58(51(76-18)45(38)70-12)91-40-35(26-65-7)86-60(53(78-20)47(40)72-14)92-41-34(25-64-6)85-59(52(77-19)46(41)71-13)90-39-32(23-62-4)83-57(50(75-17)44(39)69-11)81-29-21-30(66-8)54(87-36)82-31(29)22-61-3/h27-60H,21-26H2,1-20H3/t27?,28?,29-,30?,31?,32?,33?,34?,35?,36+,37+,38+,39+,40+,41+,42?,43?,44?,45?,46?,47?,48?,49?,50?,51?,52?,53?,54+,55+,56-,57+,58-,59+,60-/m0/s1. The molecule has 21 aliphatic heterocycles. The smallest absolute Gasteiger partial charge is 0.187 e. The highest BCUT2D eigenvalue weighted by Gasteiger charge is 2.61. The summed E-state index contributed by atoms with van der Waals surface area (Å²) in [7, 11) is 27.6. The van der Waals surface area contributed by atoms with Crippen molar-refractivity contribution in [2.75, 3.05) is 161 Å². The Balaban J connectivity index is 1.19. The van der Waals surface area contributed by atoms with E-state index >= 15 is 0 Å². The first-order valence-electron chi connectivity index (χ1n) is 31.1. The molecule has 20 unspecified atom stereocenters. The SMILES string of the molecule is COCC1O[C@H]2O[C@@H]3C(COC)O[C@@H](O[C@@H]4C(COC)O[C@H](O[C@@H]5C(COC)O[C@@H](O[C@H]6CC(OC)[C@H](OC6COC)O[C@@H]6C(C)O[C@H](O[C@@H]7C(C)O[C@@H](O[C@H]1C(OC)C2OC)C(OC)C7OC)C(OC)C6OC)C(OC)C5OC)C(OC)C4OC)C(OC)C3OC. The van der Waals surface area contributed by atoms with E-state index in [0.717, 1.165) is 0 Å². The van der Waals surface area contributed by atoms with Crippen LogP contribution in [0.1, 0.15) is 20.3 Å². The van der Waals surface area contributed by atoms with Crippen LogP contribution in [0.15, 0.2) is 0 Å². The van der Waals surface area contributed by atoms with Crippen LogP contribution in [0.4, 0.5) is 0 Å². The second-order valence-corrected chi connectivity index (χ2v) is 23.6. The third kappa shape index (κ3) is 16.4. The lowest BCUT2D eigenvalue weighted by molar-refractivity contribution is -0.401. The van der Waals surface area contributed by atoms with E-state index in [-0.39, 0.29) is 39.5 Å². The van der Waals surface area contributed by atoms with E-state index in [9.17, 15) is 0 Å². The van der Waals surface area contributed by atoms with Gasteiger partial charge in [0.15, 0.2) is 44.0 Å². The number of hydrogen-bond acceptors (Lipinski definition) is 32. The minimum atomic E-state index is -1.19. The minimum Gasteiger partial charge on any atom is -0.382 e. The zero-order chi connectivity index (χ0) is 66.5. The van der Waals surface area contributed by atoms with Gasteiger partial charge in [0.1, 0.15) is 146 Å². The number of hydrogen-bond donors (Lipinski definition) is 0. The molecule has 0 spiro atoms. The molecule has 32 nitrogen and oxygen atoms in total. The lowest BCUT2D eigenvalue weighted by Gasteiger charge is -2.52. The van der Waals surface area contributed by atoms with E-state index in [1.807, 2.05) is 13.8 Å². The molecule has 21 fully saturated rings. The minimum absolute atomic E-state index is 0.000224. The molecule has 0 aliphatic carbocycles. The van der Waals surface area contributed by atoms with Gasteiger partial charge in [0.25, 0.3) is 0 Å². The van der Waals surface area contributed by atoms with E-state index in [2.05, 4.69) is 0 Å². The highest BCUT2D eigenvalue weighted by atomic mass is 16.8. The Morgan fingerprint density at radius 1 is 0.217 bits per heavy atom. The van der Waals surface area contributed by atoms with Gasteiger partial charge in [0.05, 0.1) is 51.3 Å². The number of methoxy groups -OCH3 is 18. The van der Waals surface area contributed by atoms with Crippen molar-refractivity contribution in [2.24, 2.45) is 0 Å². The fourth-order valence-corrected chi connectivity index (χ4v) is 14.2. The highest BCUT2D eigenvalue weighted by Crippen LogP contribution is 2.42. The second-order valence-electron chi connectivity index (χ2n) is 23.6. The third-order valence-electron chi connectivity index (χ3n) is 18.6. The van der Waals surface area contributed by atoms with Gasteiger partial charge in [-0.15, -0.1) is 0 Å². The average molecular weight is 1340 g/mol. The van der Waals surface area contributed by atoms with E-state index < -0.39 is 209 Å². The maximum Gasteiger partial charge on any atom is 0.187 e. The fourth-order valence-electron chi connectivity index (χ4n) is 14.2. The van der Waals surface area contributed by atoms with Crippen LogP contribution in [0.3, 0.4) is 0 Å². The van der Waals surface area contributed by atoms with Gasteiger partial charge >= 0.3 is 0 Å². The van der Waals surface area contributed by atoms with Crippen LogP contribution < -0.4 is 0 Å². The van der Waals surface area contributed by atoms with Gasteiger partial charge in [-0.2, -0.15) is 0 Å². The van der Waals surface area contributed by atoms with E-state index in [4.69, 9.17) is 152 Å². The average Bonchev–Trinajstić information content (AvgIpc) is 0.781. The quantitative estimate of drug-likeness (QED) is 0.126. The summed E-state index contributed by atoms with van der Waals surface area (Å²) < 4.78 is 206. The summed E-state index contributed by atoms with van der Waals surface area (Å²) in [5.74, 6) is 0. The largest absolute Gasteiger partial charge is 0.382 e. The van der Waals surface area contributed by atoms with Crippen LogP contribution in [0, 0.1) is 0 Å². The monoisotopic (exact) mass is 1340 g/mol. The summed E-state index contributed by atoms with van der Waals surface area (Å²) in [5, 5.41) is 0. The van der Waals surface area contributed by atoms with Crippen molar-refractivity contribution in [3.8, 4) is 0 Å². The maximum absolute atomic E-state index is 7.01. The Morgan fingerprint density at radius 3 is 0.696 bits per heavy atom. The number of rotatable bonds is 23. The van der Waals surface area contributed by atoms with Gasteiger partial charge < -0.3 is 152 Å². The lowest BCUT2D eigenvalue weighted by atomic mass is 9.94. The molecule has 21 aliphatic rings. The van der Waals surface area contributed by atoms with Crippen LogP contribution >= 0.6 is 0 Å². The zero-order valence-electron chi connectivity index (χ0n) is 56.9. The summed E-state index contributed by atoms with van der Waals surface area (Å²) >= 11 is 0. The van der Waals surface area contributed by atoms with Crippen LogP contribution in [-0.2, 0) is 152 Å². The second kappa shape index (κ2) is 36.7. The van der Waals surface area contributed by atoms with Crippen molar-refractivity contribution in [2.45, 2.75) is 229 Å². The van der Waals surface area contributed by atoms with Gasteiger partial charge in [-0.05, 0) is 13.8 Å². The molecule has 0 aromatic carbocycles. The van der Waals surface area contributed by atoms with Crippen LogP contribution in [0.25, 0.3) is 0 Å². The molecule has 21 heterocycles. The molecule has 0 aromatic rings. The molecule has 21 saturated heterocycles. The summed E-state index contributed by atoms with van der Waals surface area (Å²) in [6, 6.07) is 0. The molecule has 0 radical (unpaired) electrons. The summed E-state index contributed by atoms with van der Waals surface area (Å²) in [5.41, 5.74) is 0. The molecule has 32 heteroatoms. The first-order valence-corrected chi connectivity index (χ1v) is 31.1. The molecule has 34 atom stereocenters. The van der Waals surface area contributed by atoms with Gasteiger partial charge in [-0.25, -0.2) is 0 Å². The Labute approximate surface area is 540 Å². The van der Waals surface area contributed by atoms with Gasteiger partial charge in [-0.1, -0.05) is 0 Å². The molecule has 14 bridgehead atoms. The molecule has 0 saturated carbocycles. The van der Waals surface area contributed by atoms with Crippen molar-refractivity contribution in [1.82, 2.24) is 0 Å². The summed E-state index contributed by atoms with van der Waals surface area (Å²) in [6.07, 6.45) is -31.2.